The highest BCUT2D eigenvalue weighted by molar-refractivity contribution is 9.10. The smallest absolute Gasteiger partial charge is 0.330 e. The second kappa shape index (κ2) is 8.39. The minimum absolute atomic E-state index is 0.166. The van der Waals surface area contributed by atoms with Gasteiger partial charge in [-0.1, -0.05) is 34.1 Å². The third-order valence-electron chi connectivity index (χ3n) is 3.25. The zero-order valence-electron chi connectivity index (χ0n) is 13.3. The Morgan fingerprint density at radius 2 is 1.92 bits per heavy atom. The molecule has 6 heteroatoms. The molecule has 0 aliphatic heterocycles. The third-order valence-corrected chi connectivity index (χ3v) is 3.74. The van der Waals surface area contributed by atoms with Gasteiger partial charge < -0.3 is 9.47 Å². The highest BCUT2D eigenvalue weighted by Gasteiger charge is 2.00. The van der Waals surface area contributed by atoms with Crippen molar-refractivity contribution in [3.8, 4) is 5.75 Å². The molecule has 126 valence electrons. The van der Waals surface area contributed by atoms with Crippen molar-refractivity contribution in [1.29, 1.82) is 0 Å². The molecule has 0 fully saturated rings. The molecular weight excluding hydrogens is 384 g/mol. The van der Waals surface area contributed by atoms with Gasteiger partial charge in [0.2, 0.25) is 0 Å². The van der Waals surface area contributed by atoms with Gasteiger partial charge in [-0.3, -0.25) is 4.98 Å². The van der Waals surface area contributed by atoms with Gasteiger partial charge >= 0.3 is 5.97 Å². The fraction of sp³-hybridized carbons (Fsp3) is 0.105. The molecule has 0 unspecified atom stereocenters. The van der Waals surface area contributed by atoms with E-state index in [0.29, 0.717) is 11.4 Å². The number of rotatable bonds is 6. The SMILES string of the molecule is O=C(C=Cc1cnc2ccccc2n1)OCCOc1cccc(Br)c1. The molecule has 0 atom stereocenters. The van der Waals surface area contributed by atoms with Crippen molar-refractivity contribution < 1.29 is 14.3 Å². The summed E-state index contributed by atoms with van der Waals surface area (Å²) in [5.41, 5.74) is 2.19. The number of benzene rings is 2. The fourth-order valence-corrected chi connectivity index (χ4v) is 2.49. The van der Waals surface area contributed by atoms with Crippen LogP contribution in [0.2, 0.25) is 0 Å². The standard InChI is InChI=1S/C19H15BrN2O3/c20-14-4-3-5-16(12-14)24-10-11-25-19(23)9-8-15-13-21-17-6-1-2-7-18(17)22-15/h1-9,12-13H,10-11H2. The molecule has 0 N–H and O–H groups in total. The summed E-state index contributed by atoms with van der Waals surface area (Å²) in [5.74, 6) is 0.264. The van der Waals surface area contributed by atoms with Crippen LogP contribution in [-0.2, 0) is 9.53 Å². The maximum atomic E-state index is 11.7. The number of fused-ring (bicyclic) bond motifs is 1. The lowest BCUT2D eigenvalue weighted by Crippen LogP contribution is -2.10. The van der Waals surface area contributed by atoms with Crippen LogP contribution in [0.25, 0.3) is 17.1 Å². The number of aromatic nitrogens is 2. The van der Waals surface area contributed by atoms with E-state index in [9.17, 15) is 4.79 Å². The van der Waals surface area contributed by atoms with Crippen molar-refractivity contribution >= 4 is 39.0 Å². The number of halogens is 1. The van der Waals surface area contributed by atoms with Crippen molar-refractivity contribution in [3.63, 3.8) is 0 Å². The Bertz CT molecular complexity index is 912. The number of nitrogens with zero attached hydrogens (tertiary/aromatic N) is 2. The Kier molecular flexibility index (Phi) is 5.74. The first-order valence-electron chi connectivity index (χ1n) is 7.66. The fourth-order valence-electron chi connectivity index (χ4n) is 2.11. The summed E-state index contributed by atoms with van der Waals surface area (Å²) in [6.45, 7) is 0.449. The lowest BCUT2D eigenvalue weighted by Gasteiger charge is -2.06. The average Bonchev–Trinajstić information content (AvgIpc) is 2.63. The third kappa shape index (κ3) is 5.12. The first-order chi connectivity index (χ1) is 12.2. The molecule has 3 aromatic rings. The topological polar surface area (TPSA) is 61.3 Å². The van der Waals surface area contributed by atoms with E-state index in [2.05, 4.69) is 25.9 Å². The molecule has 5 nitrogen and oxygen atoms in total. The van der Waals surface area contributed by atoms with E-state index in [0.717, 1.165) is 15.5 Å². The van der Waals surface area contributed by atoms with Crippen molar-refractivity contribution in [1.82, 2.24) is 9.97 Å². The summed E-state index contributed by atoms with van der Waals surface area (Å²) >= 11 is 3.37. The monoisotopic (exact) mass is 398 g/mol. The maximum Gasteiger partial charge on any atom is 0.330 e. The van der Waals surface area contributed by atoms with Gasteiger partial charge in [0.1, 0.15) is 19.0 Å². The first kappa shape index (κ1) is 17.1. The van der Waals surface area contributed by atoms with E-state index in [4.69, 9.17) is 9.47 Å². The summed E-state index contributed by atoms with van der Waals surface area (Å²) in [7, 11) is 0. The largest absolute Gasteiger partial charge is 0.490 e. The first-order valence-corrected chi connectivity index (χ1v) is 8.45. The number of carbonyl (C=O) groups excluding carboxylic acids is 1. The van der Waals surface area contributed by atoms with E-state index in [1.807, 2.05) is 48.5 Å². The highest BCUT2D eigenvalue weighted by atomic mass is 79.9. The Balaban J connectivity index is 1.47. The molecule has 0 aliphatic rings. The van der Waals surface area contributed by atoms with Crippen LogP contribution in [0.5, 0.6) is 5.75 Å². The minimum Gasteiger partial charge on any atom is -0.490 e. The van der Waals surface area contributed by atoms with E-state index in [1.165, 1.54) is 6.08 Å². The number of esters is 1. The van der Waals surface area contributed by atoms with Crippen molar-refractivity contribution in [3.05, 3.63) is 71.0 Å². The van der Waals surface area contributed by atoms with Gasteiger partial charge in [-0.15, -0.1) is 0 Å². The Hall–Kier alpha value is -2.73. The molecule has 0 saturated heterocycles. The Labute approximate surface area is 153 Å². The van der Waals surface area contributed by atoms with E-state index in [1.54, 1.807) is 12.3 Å². The molecule has 3 rings (SSSR count). The lowest BCUT2D eigenvalue weighted by atomic mass is 10.3. The number of ether oxygens (including phenoxy) is 2. The van der Waals surface area contributed by atoms with Gasteiger partial charge in [0.25, 0.3) is 0 Å². The highest BCUT2D eigenvalue weighted by Crippen LogP contribution is 2.17. The van der Waals surface area contributed by atoms with Crippen LogP contribution in [0, 0.1) is 0 Å². The summed E-state index contributed by atoms with van der Waals surface area (Å²) in [4.78, 5) is 20.4. The molecular formula is C19H15BrN2O3. The predicted molar refractivity (Wildman–Crippen MR) is 99.2 cm³/mol. The van der Waals surface area contributed by atoms with Crippen LogP contribution < -0.4 is 4.74 Å². The molecule has 2 aromatic carbocycles. The quantitative estimate of drug-likeness (QED) is 0.356. The molecule has 1 heterocycles. The second-order valence-corrected chi connectivity index (χ2v) is 6.01. The van der Waals surface area contributed by atoms with Gasteiger partial charge in [-0.25, -0.2) is 9.78 Å². The van der Waals surface area contributed by atoms with Crippen LogP contribution in [-0.4, -0.2) is 29.2 Å². The van der Waals surface area contributed by atoms with E-state index in [-0.39, 0.29) is 13.2 Å². The van der Waals surface area contributed by atoms with Gasteiger partial charge in [-0.05, 0) is 36.4 Å². The van der Waals surface area contributed by atoms with E-state index >= 15 is 0 Å². The van der Waals surface area contributed by atoms with Gasteiger partial charge in [-0.2, -0.15) is 0 Å². The van der Waals surface area contributed by atoms with Gasteiger partial charge in [0, 0.05) is 10.5 Å². The molecule has 0 radical (unpaired) electrons. The van der Waals surface area contributed by atoms with Gasteiger partial charge in [0.15, 0.2) is 0 Å². The van der Waals surface area contributed by atoms with Crippen LogP contribution in [0.1, 0.15) is 5.69 Å². The van der Waals surface area contributed by atoms with Crippen LogP contribution in [0.15, 0.2) is 65.3 Å². The summed E-state index contributed by atoms with van der Waals surface area (Å²) in [5, 5.41) is 0. The van der Waals surface area contributed by atoms with E-state index < -0.39 is 5.97 Å². The summed E-state index contributed by atoms with van der Waals surface area (Å²) in [6, 6.07) is 15.0. The lowest BCUT2D eigenvalue weighted by molar-refractivity contribution is -0.138. The molecule has 25 heavy (non-hydrogen) atoms. The predicted octanol–water partition coefficient (Wildman–Crippen LogP) is 4.03. The number of hydrogen-bond donors (Lipinski definition) is 0. The Morgan fingerprint density at radius 1 is 1.08 bits per heavy atom. The number of hydrogen-bond acceptors (Lipinski definition) is 5. The van der Waals surface area contributed by atoms with Crippen molar-refractivity contribution in [2.24, 2.45) is 0 Å². The zero-order chi connectivity index (χ0) is 17.5. The molecule has 1 aromatic heterocycles. The second-order valence-electron chi connectivity index (χ2n) is 5.09. The molecule has 0 spiro atoms. The summed E-state index contributed by atoms with van der Waals surface area (Å²) in [6.07, 6.45) is 4.53. The van der Waals surface area contributed by atoms with Gasteiger partial charge in [0.05, 0.1) is 22.9 Å². The van der Waals surface area contributed by atoms with Crippen LogP contribution >= 0.6 is 15.9 Å². The zero-order valence-corrected chi connectivity index (χ0v) is 14.8. The average molecular weight is 399 g/mol. The molecule has 0 aliphatic carbocycles. The summed E-state index contributed by atoms with van der Waals surface area (Å²) < 4.78 is 11.5. The van der Waals surface area contributed by atoms with Crippen molar-refractivity contribution in [2.75, 3.05) is 13.2 Å². The number of para-hydroxylation sites is 2. The Morgan fingerprint density at radius 3 is 2.76 bits per heavy atom. The molecule has 0 bridgehead atoms. The van der Waals surface area contributed by atoms with Crippen molar-refractivity contribution in [2.45, 2.75) is 0 Å². The maximum absolute atomic E-state index is 11.7. The normalized spacial score (nSPS) is 10.9. The minimum atomic E-state index is -0.451. The van der Waals surface area contributed by atoms with Crippen LogP contribution in [0.3, 0.4) is 0 Å². The molecule has 0 saturated carbocycles. The number of carbonyl (C=O) groups is 1. The van der Waals surface area contributed by atoms with Crippen LogP contribution in [0.4, 0.5) is 0 Å². The molecule has 0 amide bonds.